The Kier molecular flexibility index (Phi) is 2.32. The Morgan fingerprint density at radius 1 is 1.69 bits per heavy atom. The molecule has 0 amide bonds. The van der Waals surface area contributed by atoms with Gasteiger partial charge in [-0.3, -0.25) is 10.1 Å². The zero-order valence-electron chi connectivity index (χ0n) is 7.37. The van der Waals surface area contributed by atoms with Crippen LogP contribution in [0.2, 0.25) is 0 Å². The summed E-state index contributed by atoms with van der Waals surface area (Å²) >= 11 is 0. The molecule has 6 nitrogen and oxygen atoms in total. The Morgan fingerprint density at radius 2 is 2.31 bits per heavy atom. The van der Waals surface area contributed by atoms with E-state index in [1.807, 2.05) is 0 Å². The van der Waals surface area contributed by atoms with Crippen LogP contribution in [-0.2, 0) is 0 Å². The first kappa shape index (κ1) is 9.24. The van der Waals surface area contributed by atoms with Gasteiger partial charge >= 0.3 is 5.69 Å². The van der Waals surface area contributed by atoms with Gasteiger partial charge in [-0.05, 0) is 12.5 Å². The van der Waals surface area contributed by atoms with Gasteiger partial charge in [-0.2, -0.15) is 0 Å². The second kappa shape index (κ2) is 3.26. The summed E-state index contributed by atoms with van der Waals surface area (Å²) in [5.74, 6) is -0.0695. The Balaban J connectivity index is 3.43. The van der Waals surface area contributed by atoms with Crippen LogP contribution >= 0.6 is 0 Å². The summed E-state index contributed by atoms with van der Waals surface area (Å²) in [5.41, 5.74) is 6.32. The molecule has 6 heteroatoms. The van der Waals surface area contributed by atoms with E-state index >= 15 is 0 Å². The van der Waals surface area contributed by atoms with Crippen molar-refractivity contribution in [1.29, 1.82) is 0 Å². The van der Waals surface area contributed by atoms with Crippen LogP contribution in [-0.4, -0.2) is 17.0 Å². The lowest BCUT2D eigenvalue weighted by molar-refractivity contribution is -0.383. The number of nitrogens with one attached hydrogen (secondary N) is 1. The van der Waals surface area contributed by atoms with Crippen LogP contribution in [0.5, 0.6) is 0 Å². The summed E-state index contributed by atoms with van der Waals surface area (Å²) in [4.78, 5) is 13.8. The maximum absolute atomic E-state index is 10.6. The minimum Gasteiger partial charge on any atom is -0.382 e. The van der Waals surface area contributed by atoms with Crippen molar-refractivity contribution in [3.63, 3.8) is 0 Å². The van der Waals surface area contributed by atoms with Gasteiger partial charge in [0.2, 0.25) is 5.82 Å². The highest BCUT2D eigenvalue weighted by atomic mass is 16.6. The Morgan fingerprint density at radius 3 is 2.69 bits per heavy atom. The molecule has 0 spiro atoms. The summed E-state index contributed by atoms with van der Waals surface area (Å²) in [6.45, 7) is 1.73. The number of nitrogens with zero attached hydrogens (tertiary/aromatic N) is 2. The third kappa shape index (κ3) is 1.51. The molecule has 0 bridgehead atoms. The molecule has 1 heterocycles. The Labute approximate surface area is 74.9 Å². The van der Waals surface area contributed by atoms with E-state index < -0.39 is 4.92 Å². The number of hydrogen-bond acceptors (Lipinski definition) is 5. The average Bonchev–Trinajstić information content (AvgIpc) is 2.07. The fourth-order valence-corrected chi connectivity index (χ4v) is 1.11. The molecule has 1 aromatic rings. The number of pyridine rings is 1. The standard InChI is InChI=1S/C7H10N4O2/c1-4-3-10-7(8)6(11(12)13)5(4)9-2/h3H,1-2H3,(H3,8,9,10). The first-order valence-electron chi connectivity index (χ1n) is 3.65. The molecule has 0 saturated carbocycles. The molecular weight excluding hydrogens is 172 g/mol. The van der Waals surface area contributed by atoms with Crippen molar-refractivity contribution in [2.45, 2.75) is 6.92 Å². The highest BCUT2D eigenvalue weighted by molar-refractivity contribution is 5.73. The van der Waals surface area contributed by atoms with Gasteiger partial charge in [0.15, 0.2) is 0 Å². The van der Waals surface area contributed by atoms with E-state index in [2.05, 4.69) is 10.3 Å². The molecule has 0 fully saturated rings. The lowest BCUT2D eigenvalue weighted by atomic mass is 10.2. The monoisotopic (exact) mass is 182 g/mol. The van der Waals surface area contributed by atoms with Crippen LogP contribution in [0.3, 0.4) is 0 Å². The Hall–Kier alpha value is -1.85. The first-order valence-corrected chi connectivity index (χ1v) is 3.65. The molecule has 1 aromatic heterocycles. The molecule has 0 unspecified atom stereocenters. The van der Waals surface area contributed by atoms with E-state index in [9.17, 15) is 10.1 Å². The zero-order chi connectivity index (χ0) is 10.0. The van der Waals surface area contributed by atoms with Gasteiger partial charge in [-0.1, -0.05) is 0 Å². The van der Waals surface area contributed by atoms with E-state index in [0.717, 1.165) is 0 Å². The van der Waals surface area contributed by atoms with Gasteiger partial charge in [-0.15, -0.1) is 0 Å². The van der Waals surface area contributed by atoms with Crippen molar-refractivity contribution in [2.75, 3.05) is 18.1 Å². The predicted molar refractivity (Wildman–Crippen MR) is 49.6 cm³/mol. The van der Waals surface area contributed by atoms with E-state index in [-0.39, 0.29) is 11.5 Å². The number of hydrogen-bond donors (Lipinski definition) is 2. The van der Waals surface area contributed by atoms with Gasteiger partial charge in [0.05, 0.1) is 4.92 Å². The normalized spacial score (nSPS) is 9.69. The van der Waals surface area contributed by atoms with E-state index in [0.29, 0.717) is 11.3 Å². The van der Waals surface area contributed by atoms with Crippen molar-refractivity contribution >= 4 is 17.2 Å². The van der Waals surface area contributed by atoms with Crippen LogP contribution in [0.1, 0.15) is 5.56 Å². The van der Waals surface area contributed by atoms with Crippen molar-refractivity contribution in [3.8, 4) is 0 Å². The van der Waals surface area contributed by atoms with Crippen LogP contribution in [0.15, 0.2) is 6.20 Å². The third-order valence-electron chi connectivity index (χ3n) is 1.70. The number of aromatic nitrogens is 1. The van der Waals surface area contributed by atoms with Crippen LogP contribution < -0.4 is 11.1 Å². The molecule has 0 aliphatic heterocycles. The lowest BCUT2D eigenvalue weighted by Crippen LogP contribution is -2.04. The number of nitro groups is 1. The summed E-state index contributed by atoms with van der Waals surface area (Å²) < 4.78 is 0. The minimum atomic E-state index is -0.541. The van der Waals surface area contributed by atoms with Crippen LogP contribution in [0, 0.1) is 17.0 Å². The lowest BCUT2D eigenvalue weighted by Gasteiger charge is -2.06. The molecule has 0 aliphatic carbocycles. The molecule has 0 aliphatic rings. The number of aryl methyl sites for hydroxylation is 1. The van der Waals surface area contributed by atoms with Crippen molar-refractivity contribution in [2.24, 2.45) is 0 Å². The number of nitrogens with two attached hydrogens (primary N) is 1. The number of anilines is 2. The summed E-state index contributed by atoms with van der Waals surface area (Å²) in [6.07, 6.45) is 1.49. The molecular formula is C7H10N4O2. The summed E-state index contributed by atoms with van der Waals surface area (Å²) in [7, 11) is 1.61. The molecule has 0 atom stereocenters. The quantitative estimate of drug-likeness (QED) is 0.524. The van der Waals surface area contributed by atoms with Crippen LogP contribution in [0.25, 0.3) is 0 Å². The smallest absolute Gasteiger partial charge is 0.334 e. The predicted octanol–water partition coefficient (Wildman–Crippen LogP) is 0.922. The summed E-state index contributed by atoms with van der Waals surface area (Å²) in [6, 6.07) is 0. The largest absolute Gasteiger partial charge is 0.382 e. The van der Waals surface area contributed by atoms with Gasteiger partial charge < -0.3 is 11.1 Å². The van der Waals surface area contributed by atoms with E-state index in [1.165, 1.54) is 6.20 Å². The van der Waals surface area contributed by atoms with E-state index in [1.54, 1.807) is 14.0 Å². The van der Waals surface area contributed by atoms with Gasteiger partial charge in [0, 0.05) is 13.2 Å². The Bertz CT molecular complexity index is 351. The van der Waals surface area contributed by atoms with Gasteiger partial charge in [0.25, 0.3) is 0 Å². The first-order chi connectivity index (χ1) is 6.07. The second-order valence-electron chi connectivity index (χ2n) is 2.56. The third-order valence-corrected chi connectivity index (χ3v) is 1.70. The van der Waals surface area contributed by atoms with E-state index in [4.69, 9.17) is 5.73 Å². The average molecular weight is 182 g/mol. The maximum Gasteiger partial charge on any atom is 0.334 e. The highest BCUT2D eigenvalue weighted by Crippen LogP contribution is 2.31. The second-order valence-corrected chi connectivity index (χ2v) is 2.56. The molecule has 70 valence electrons. The molecule has 0 radical (unpaired) electrons. The zero-order valence-corrected chi connectivity index (χ0v) is 7.37. The number of rotatable bonds is 2. The molecule has 13 heavy (non-hydrogen) atoms. The van der Waals surface area contributed by atoms with Crippen molar-refractivity contribution < 1.29 is 4.92 Å². The summed E-state index contributed by atoms with van der Waals surface area (Å²) in [5, 5.41) is 13.3. The van der Waals surface area contributed by atoms with Crippen molar-refractivity contribution in [1.82, 2.24) is 4.98 Å². The van der Waals surface area contributed by atoms with Crippen molar-refractivity contribution in [3.05, 3.63) is 21.9 Å². The highest BCUT2D eigenvalue weighted by Gasteiger charge is 2.20. The fourth-order valence-electron chi connectivity index (χ4n) is 1.11. The van der Waals surface area contributed by atoms with Crippen LogP contribution in [0.4, 0.5) is 17.2 Å². The fraction of sp³-hybridized carbons (Fsp3) is 0.286. The number of nitrogen functional groups attached to an aromatic ring is 1. The maximum atomic E-state index is 10.6. The molecule has 3 N–H and O–H groups in total. The SMILES string of the molecule is CNc1c(C)cnc(N)c1[N+](=O)[O-]. The minimum absolute atomic E-state index is 0.0695. The molecule has 1 rings (SSSR count). The molecule has 0 aromatic carbocycles. The molecule has 0 saturated heterocycles. The topological polar surface area (TPSA) is 94.1 Å². The van der Waals surface area contributed by atoms with Gasteiger partial charge in [0.1, 0.15) is 5.69 Å². The van der Waals surface area contributed by atoms with Gasteiger partial charge in [-0.25, -0.2) is 4.98 Å².